The van der Waals surface area contributed by atoms with Crippen LogP contribution in [0.1, 0.15) is 48.3 Å². The van der Waals surface area contributed by atoms with E-state index >= 15 is 0 Å². The molecule has 1 unspecified atom stereocenters. The number of benzene rings is 2. The molecule has 1 aliphatic heterocycles. The maximum atomic E-state index is 13.6. The molecule has 0 saturated heterocycles. The molecule has 0 saturated carbocycles. The number of nitrogens with zero attached hydrogens (tertiary/aromatic N) is 1. The minimum absolute atomic E-state index is 0.166. The molecule has 0 fully saturated rings. The van der Waals surface area contributed by atoms with Gasteiger partial charge in [-0.05, 0) is 42.7 Å². The SMILES string of the molecule is O=C1CCCC2=C1C(c1ccc(C(F)(F)F)cc1)CC(=O)N2c1ccccc1C(F)(F)F. The van der Waals surface area contributed by atoms with Crippen LogP contribution in [0.2, 0.25) is 0 Å². The lowest BCUT2D eigenvalue weighted by Gasteiger charge is -2.39. The number of carbonyl (C=O) groups excluding carboxylic acids is 2. The molecule has 32 heavy (non-hydrogen) atoms. The van der Waals surface area contributed by atoms with Gasteiger partial charge in [0.05, 0.1) is 16.8 Å². The fourth-order valence-electron chi connectivity index (χ4n) is 4.37. The highest BCUT2D eigenvalue weighted by atomic mass is 19.4. The smallest absolute Gasteiger partial charge is 0.294 e. The summed E-state index contributed by atoms with van der Waals surface area (Å²) in [5, 5.41) is 0. The fourth-order valence-corrected chi connectivity index (χ4v) is 4.37. The van der Waals surface area contributed by atoms with Crippen molar-refractivity contribution >= 4 is 17.4 Å². The highest BCUT2D eigenvalue weighted by Crippen LogP contribution is 2.46. The largest absolute Gasteiger partial charge is 0.418 e. The summed E-state index contributed by atoms with van der Waals surface area (Å²) in [5.41, 5.74) is -1.47. The third kappa shape index (κ3) is 3.91. The summed E-state index contributed by atoms with van der Waals surface area (Å²) in [5.74, 6) is -1.75. The zero-order chi connectivity index (χ0) is 23.3. The molecule has 0 spiro atoms. The monoisotopic (exact) mass is 453 g/mol. The van der Waals surface area contributed by atoms with Crippen molar-refractivity contribution in [2.75, 3.05) is 4.90 Å². The molecular formula is C23H17F6NO2. The van der Waals surface area contributed by atoms with Gasteiger partial charge in [-0.1, -0.05) is 24.3 Å². The van der Waals surface area contributed by atoms with E-state index < -0.39 is 35.3 Å². The van der Waals surface area contributed by atoms with Gasteiger partial charge in [0.2, 0.25) is 5.91 Å². The number of alkyl halides is 6. The molecule has 1 aliphatic carbocycles. The summed E-state index contributed by atoms with van der Waals surface area (Å²) < 4.78 is 79.5. The zero-order valence-electron chi connectivity index (χ0n) is 16.6. The average molecular weight is 453 g/mol. The van der Waals surface area contributed by atoms with E-state index in [0.29, 0.717) is 12.0 Å². The number of allylic oxidation sites excluding steroid dienone is 2. The van der Waals surface area contributed by atoms with Crippen LogP contribution < -0.4 is 4.90 Å². The second-order valence-electron chi connectivity index (χ2n) is 7.76. The van der Waals surface area contributed by atoms with Gasteiger partial charge < -0.3 is 0 Å². The highest BCUT2D eigenvalue weighted by Gasteiger charge is 2.43. The van der Waals surface area contributed by atoms with Gasteiger partial charge in [0.1, 0.15) is 0 Å². The van der Waals surface area contributed by atoms with E-state index in [9.17, 15) is 35.9 Å². The summed E-state index contributed by atoms with van der Waals surface area (Å²) >= 11 is 0. The van der Waals surface area contributed by atoms with E-state index in [1.54, 1.807) is 0 Å². The van der Waals surface area contributed by atoms with Crippen molar-refractivity contribution in [2.24, 2.45) is 0 Å². The summed E-state index contributed by atoms with van der Waals surface area (Å²) in [6, 6.07) is 8.83. The van der Waals surface area contributed by atoms with Gasteiger partial charge in [0.25, 0.3) is 0 Å². The Morgan fingerprint density at radius 1 is 0.812 bits per heavy atom. The van der Waals surface area contributed by atoms with Crippen molar-refractivity contribution in [3.63, 3.8) is 0 Å². The third-order valence-corrected chi connectivity index (χ3v) is 5.77. The van der Waals surface area contributed by atoms with Crippen molar-refractivity contribution in [1.29, 1.82) is 0 Å². The summed E-state index contributed by atoms with van der Waals surface area (Å²) in [7, 11) is 0. The molecule has 0 N–H and O–H groups in total. The first kappa shape index (κ1) is 22.1. The van der Waals surface area contributed by atoms with Crippen LogP contribution in [0.25, 0.3) is 0 Å². The van der Waals surface area contributed by atoms with Crippen molar-refractivity contribution < 1.29 is 35.9 Å². The zero-order valence-corrected chi connectivity index (χ0v) is 16.6. The van der Waals surface area contributed by atoms with E-state index in [4.69, 9.17) is 0 Å². The second kappa shape index (κ2) is 7.79. The molecule has 0 aromatic heterocycles. The van der Waals surface area contributed by atoms with Crippen LogP contribution in [0, 0.1) is 0 Å². The number of amides is 1. The highest BCUT2D eigenvalue weighted by molar-refractivity contribution is 6.07. The van der Waals surface area contributed by atoms with Gasteiger partial charge >= 0.3 is 12.4 Å². The van der Waals surface area contributed by atoms with E-state index in [1.165, 1.54) is 30.3 Å². The quantitative estimate of drug-likeness (QED) is 0.504. The maximum absolute atomic E-state index is 13.6. The summed E-state index contributed by atoms with van der Waals surface area (Å²) in [6.45, 7) is 0. The number of halogens is 6. The lowest BCUT2D eigenvalue weighted by molar-refractivity contribution is -0.138. The molecule has 1 atom stereocenters. The van der Waals surface area contributed by atoms with Crippen molar-refractivity contribution in [2.45, 2.75) is 44.0 Å². The lowest BCUT2D eigenvalue weighted by atomic mass is 9.77. The summed E-state index contributed by atoms with van der Waals surface area (Å²) in [4.78, 5) is 26.9. The number of hydrogen-bond donors (Lipinski definition) is 0. The molecule has 2 aliphatic rings. The average Bonchev–Trinajstić information content (AvgIpc) is 2.72. The number of ketones is 1. The Balaban J connectivity index is 1.84. The van der Waals surface area contributed by atoms with Gasteiger partial charge in [0.15, 0.2) is 5.78 Å². The molecule has 2 aromatic carbocycles. The van der Waals surface area contributed by atoms with Gasteiger partial charge in [-0.2, -0.15) is 26.3 Å². The Kier molecular flexibility index (Phi) is 5.38. The van der Waals surface area contributed by atoms with Crippen molar-refractivity contribution in [3.8, 4) is 0 Å². The number of carbonyl (C=O) groups is 2. The molecule has 3 nitrogen and oxygen atoms in total. The first-order valence-corrected chi connectivity index (χ1v) is 9.91. The number of anilines is 1. The molecule has 2 aromatic rings. The molecule has 168 valence electrons. The molecule has 0 bridgehead atoms. The third-order valence-electron chi connectivity index (χ3n) is 5.77. The molecule has 1 amide bonds. The topological polar surface area (TPSA) is 37.4 Å². The van der Waals surface area contributed by atoms with Crippen molar-refractivity contribution in [3.05, 3.63) is 76.5 Å². The van der Waals surface area contributed by atoms with Crippen LogP contribution in [-0.4, -0.2) is 11.7 Å². The fraction of sp³-hybridized carbons (Fsp3) is 0.304. The van der Waals surface area contributed by atoms with Crippen molar-refractivity contribution in [1.82, 2.24) is 0 Å². The Morgan fingerprint density at radius 2 is 1.47 bits per heavy atom. The Bertz CT molecular complexity index is 1100. The van der Waals surface area contributed by atoms with Crippen LogP contribution in [0.15, 0.2) is 59.8 Å². The van der Waals surface area contributed by atoms with Gasteiger partial charge in [-0.3, -0.25) is 14.5 Å². The predicted octanol–water partition coefficient (Wildman–Crippen LogP) is 6.25. The van der Waals surface area contributed by atoms with Crippen LogP contribution in [0.3, 0.4) is 0 Å². The van der Waals surface area contributed by atoms with Crippen LogP contribution in [0.5, 0.6) is 0 Å². The normalized spacial score (nSPS) is 19.9. The van der Waals surface area contributed by atoms with Crippen LogP contribution in [0.4, 0.5) is 32.0 Å². The molecule has 0 radical (unpaired) electrons. The Morgan fingerprint density at radius 3 is 2.09 bits per heavy atom. The van der Waals surface area contributed by atoms with Gasteiger partial charge in [0, 0.05) is 30.0 Å². The van der Waals surface area contributed by atoms with E-state index in [2.05, 4.69) is 0 Å². The first-order chi connectivity index (χ1) is 15.0. The number of Topliss-reactive ketones (excluding diaryl/α,β-unsaturated/α-hetero) is 1. The van der Waals surface area contributed by atoms with E-state index in [1.807, 2.05) is 0 Å². The van der Waals surface area contributed by atoms with E-state index in [0.717, 1.165) is 23.1 Å². The molecule has 1 heterocycles. The molecule has 9 heteroatoms. The Hall–Kier alpha value is -3.10. The van der Waals surface area contributed by atoms with Crippen LogP contribution in [-0.2, 0) is 21.9 Å². The minimum Gasteiger partial charge on any atom is -0.294 e. The molecular weight excluding hydrogens is 436 g/mol. The predicted molar refractivity (Wildman–Crippen MR) is 104 cm³/mol. The first-order valence-electron chi connectivity index (χ1n) is 9.91. The number of para-hydroxylation sites is 1. The number of rotatable bonds is 2. The van der Waals surface area contributed by atoms with E-state index in [-0.39, 0.29) is 42.0 Å². The Labute approximate surface area is 179 Å². The lowest BCUT2D eigenvalue weighted by Crippen LogP contribution is -2.41. The van der Waals surface area contributed by atoms with Gasteiger partial charge in [-0.25, -0.2) is 0 Å². The van der Waals surface area contributed by atoms with Crippen LogP contribution >= 0.6 is 0 Å². The van der Waals surface area contributed by atoms with Gasteiger partial charge in [-0.15, -0.1) is 0 Å². The number of hydrogen-bond acceptors (Lipinski definition) is 2. The maximum Gasteiger partial charge on any atom is 0.418 e. The summed E-state index contributed by atoms with van der Waals surface area (Å²) in [6.07, 6.45) is -8.81. The second-order valence-corrected chi connectivity index (χ2v) is 7.76. The standard InChI is InChI=1S/C23H17F6NO2/c24-22(25,26)14-10-8-13(9-11-14)15-12-20(32)30(18-6-3-7-19(31)21(15)18)17-5-2-1-4-16(17)23(27,28)29/h1-2,4-5,8-11,15H,3,6-7,12H2. The molecule has 4 rings (SSSR count). The minimum atomic E-state index is -4.71.